The molecule has 3 nitrogen and oxygen atoms in total. The number of ether oxygens (including phenoxy) is 1. The van der Waals surface area contributed by atoms with Crippen molar-refractivity contribution >= 4 is 5.69 Å². The van der Waals surface area contributed by atoms with Crippen LogP contribution in [0.15, 0.2) is 18.2 Å². The fraction of sp³-hybridized carbons (Fsp3) is 0.500. The normalized spacial score (nSPS) is 16.8. The van der Waals surface area contributed by atoms with E-state index < -0.39 is 0 Å². The first-order valence-electron chi connectivity index (χ1n) is 5.43. The Labute approximate surface area is 90.8 Å². The highest BCUT2D eigenvalue weighted by molar-refractivity contribution is 5.55. The molecule has 0 amide bonds. The highest BCUT2D eigenvalue weighted by atomic mass is 16.5. The number of morpholine rings is 1. The molecule has 2 N–H and O–H groups in total. The predicted molar refractivity (Wildman–Crippen MR) is 62.1 cm³/mol. The zero-order valence-corrected chi connectivity index (χ0v) is 9.20. The van der Waals surface area contributed by atoms with Gasteiger partial charge in [0.05, 0.1) is 13.2 Å². The Balaban J connectivity index is 2.24. The first-order chi connectivity index (χ1) is 7.31. The first-order valence-corrected chi connectivity index (χ1v) is 5.43. The molecule has 1 aromatic rings. The van der Waals surface area contributed by atoms with Gasteiger partial charge in [-0.3, -0.25) is 0 Å². The molecule has 3 heteroatoms. The number of nitrogens with zero attached hydrogens (tertiary/aromatic N) is 1. The molecule has 0 radical (unpaired) electrons. The summed E-state index contributed by atoms with van der Waals surface area (Å²) in [5, 5.41) is 0. The van der Waals surface area contributed by atoms with Crippen molar-refractivity contribution in [3.05, 3.63) is 29.3 Å². The minimum Gasteiger partial charge on any atom is -0.378 e. The molecule has 1 fully saturated rings. The molecule has 2 rings (SSSR count). The molecule has 0 aromatic heterocycles. The van der Waals surface area contributed by atoms with E-state index >= 15 is 0 Å². The largest absolute Gasteiger partial charge is 0.378 e. The molecule has 1 aliphatic heterocycles. The van der Waals surface area contributed by atoms with Gasteiger partial charge in [0, 0.05) is 25.3 Å². The Morgan fingerprint density at radius 2 is 2.07 bits per heavy atom. The highest BCUT2D eigenvalue weighted by Gasteiger charge is 2.13. The molecule has 15 heavy (non-hydrogen) atoms. The molecule has 1 aromatic carbocycles. The van der Waals surface area contributed by atoms with Crippen LogP contribution in [-0.4, -0.2) is 26.3 Å². The molecule has 0 atom stereocenters. The van der Waals surface area contributed by atoms with Crippen LogP contribution in [0.25, 0.3) is 0 Å². The van der Waals surface area contributed by atoms with Crippen LogP contribution in [0.5, 0.6) is 0 Å². The van der Waals surface area contributed by atoms with E-state index in [1.807, 2.05) is 0 Å². The Bertz CT molecular complexity index is 332. The number of anilines is 1. The van der Waals surface area contributed by atoms with Crippen molar-refractivity contribution in [2.75, 3.05) is 31.2 Å². The van der Waals surface area contributed by atoms with Gasteiger partial charge in [-0.25, -0.2) is 0 Å². The lowest BCUT2D eigenvalue weighted by Gasteiger charge is -2.30. The summed E-state index contributed by atoms with van der Waals surface area (Å²) in [6.45, 7) is 6.37. The zero-order chi connectivity index (χ0) is 10.7. The van der Waals surface area contributed by atoms with Crippen molar-refractivity contribution in [3.8, 4) is 0 Å². The number of nitrogens with two attached hydrogens (primary N) is 1. The third kappa shape index (κ3) is 2.30. The van der Waals surface area contributed by atoms with E-state index in [2.05, 4.69) is 30.0 Å². The predicted octanol–water partition coefficient (Wildman–Crippen LogP) is 1.29. The molecular formula is C12H18N2O. The minimum absolute atomic E-state index is 0.609. The van der Waals surface area contributed by atoms with Gasteiger partial charge in [-0.05, 0) is 24.1 Å². The van der Waals surface area contributed by atoms with E-state index in [4.69, 9.17) is 10.5 Å². The van der Waals surface area contributed by atoms with Crippen LogP contribution in [0, 0.1) is 6.92 Å². The Kier molecular flexibility index (Phi) is 3.23. The van der Waals surface area contributed by atoms with Gasteiger partial charge in [-0.2, -0.15) is 0 Å². The third-order valence-corrected chi connectivity index (χ3v) is 2.86. The molecule has 82 valence electrons. The summed E-state index contributed by atoms with van der Waals surface area (Å²) in [6.07, 6.45) is 0. The fourth-order valence-corrected chi connectivity index (χ4v) is 1.93. The van der Waals surface area contributed by atoms with E-state index in [9.17, 15) is 0 Å². The maximum atomic E-state index is 5.66. The summed E-state index contributed by atoms with van der Waals surface area (Å²) in [5.74, 6) is 0. The number of hydrogen-bond acceptors (Lipinski definition) is 3. The van der Waals surface area contributed by atoms with Gasteiger partial charge in [0.15, 0.2) is 0 Å². The summed E-state index contributed by atoms with van der Waals surface area (Å²) in [6, 6.07) is 6.44. The quantitative estimate of drug-likeness (QED) is 0.792. The lowest BCUT2D eigenvalue weighted by Crippen LogP contribution is -2.36. The van der Waals surface area contributed by atoms with Gasteiger partial charge in [-0.1, -0.05) is 12.1 Å². The van der Waals surface area contributed by atoms with E-state index in [1.165, 1.54) is 16.8 Å². The monoisotopic (exact) mass is 206 g/mol. The fourth-order valence-electron chi connectivity index (χ4n) is 1.93. The third-order valence-electron chi connectivity index (χ3n) is 2.86. The average Bonchev–Trinajstić information content (AvgIpc) is 2.31. The van der Waals surface area contributed by atoms with E-state index in [0.29, 0.717) is 6.54 Å². The van der Waals surface area contributed by atoms with Crippen LogP contribution in [-0.2, 0) is 11.3 Å². The maximum absolute atomic E-state index is 5.66. The molecule has 0 saturated carbocycles. The lowest BCUT2D eigenvalue weighted by atomic mass is 10.1. The van der Waals surface area contributed by atoms with Crippen molar-refractivity contribution in [2.24, 2.45) is 5.73 Å². The number of aryl methyl sites for hydroxylation is 1. The number of benzene rings is 1. The molecule has 1 heterocycles. The smallest absolute Gasteiger partial charge is 0.0642 e. The van der Waals surface area contributed by atoms with Gasteiger partial charge in [0.25, 0.3) is 0 Å². The van der Waals surface area contributed by atoms with Crippen LogP contribution in [0.1, 0.15) is 11.1 Å². The molecular weight excluding hydrogens is 188 g/mol. The van der Waals surface area contributed by atoms with Gasteiger partial charge < -0.3 is 15.4 Å². The Hall–Kier alpha value is -1.06. The SMILES string of the molecule is Cc1ccc(CN)cc1N1CCOCC1. The van der Waals surface area contributed by atoms with Crippen LogP contribution in [0.2, 0.25) is 0 Å². The molecule has 0 unspecified atom stereocenters. The molecule has 1 aliphatic rings. The Morgan fingerprint density at radius 3 is 2.73 bits per heavy atom. The second-order valence-electron chi connectivity index (χ2n) is 3.92. The maximum Gasteiger partial charge on any atom is 0.0642 e. The van der Waals surface area contributed by atoms with Crippen molar-refractivity contribution in [1.82, 2.24) is 0 Å². The molecule has 0 bridgehead atoms. The van der Waals surface area contributed by atoms with Crippen molar-refractivity contribution < 1.29 is 4.74 Å². The summed E-state index contributed by atoms with van der Waals surface area (Å²) < 4.78 is 5.35. The van der Waals surface area contributed by atoms with Crippen molar-refractivity contribution in [1.29, 1.82) is 0 Å². The Morgan fingerprint density at radius 1 is 1.33 bits per heavy atom. The van der Waals surface area contributed by atoms with Gasteiger partial charge in [0.1, 0.15) is 0 Å². The first kappa shape index (κ1) is 10.5. The second kappa shape index (κ2) is 4.64. The van der Waals surface area contributed by atoms with Crippen LogP contribution in [0.4, 0.5) is 5.69 Å². The summed E-state index contributed by atoms with van der Waals surface area (Å²) in [4.78, 5) is 2.37. The van der Waals surface area contributed by atoms with Crippen LogP contribution < -0.4 is 10.6 Å². The van der Waals surface area contributed by atoms with Crippen LogP contribution in [0.3, 0.4) is 0 Å². The topological polar surface area (TPSA) is 38.5 Å². The number of rotatable bonds is 2. The standard InChI is InChI=1S/C12H18N2O/c1-10-2-3-11(9-13)8-12(10)14-4-6-15-7-5-14/h2-3,8H,4-7,9,13H2,1H3. The average molecular weight is 206 g/mol. The van der Waals surface area contributed by atoms with E-state index in [1.54, 1.807) is 0 Å². The molecule has 0 spiro atoms. The summed E-state index contributed by atoms with van der Waals surface area (Å²) in [5.41, 5.74) is 9.47. The molecule has 0 aliphatic carbocycles. The van der Waals surface area contributed by atoms with Crippen LogP contribution >= 0.6 is 0 Å². The number of hydrogen-bond donors (Lipinski definition) is 1. The second-order valence-corrected chi connectivity index (χ2v) is 3.92. The van der Waals surface area contributed by atoms with Gasteiger partial charge in [-0.15, -0.1) is 0 Å². The van der Waals surface area contributed by atoms with E-state index in [0.717, 1.165) is 26.3 Å². The van der Waals surface area contributed by atoms with Crippen molar-refractivity contribution in [3.63, 3.8) is 0 Å². The summed E-state index contributed by atoms with van der Waals surface area (Å²) in [7, 11) is 0. The lowest BCUT2D eigenvalue weighted by molar-refractivity contribution is 0.122. The highest BCUT2D eigenvalue weighted by Crippen LogP contribution is 2.22. The molecule has 1 saturated heterocycles. The van der Waals surface area contributed by atoms with Crippen molar-refractivity contribution in [2.45, 2.75) is 13.5 Å². The zero-order valence-electron chi connectivity index (χ0n) is 9.20. The van der Waals surface area contributed by atoms with Gasteiger partial charge in [0.2, 0.25) is 0 Å². The van der Waals surface area contributed by atoms with E-state index in [-0.39, 0.29) is 0 Å². The summed E-state index contributed by atoms with van der Waals surface area (Å²) >= 11 is 0. The van der Waals surface area contributed by atoms with Gasteiger partial charge >= 0.3 is 0 Å². The minimum atomic E-state index is 0.609.